The Labute approximate surface area is 250 Å². The van der Waals surface area contributed by atoms with E-state index in [1.54, 1.807) is 35.0 Å². The number of aryl methyl sites for hydroxylation is 2. The summed E-state index contributed by atoms with van der Waals surface area (Å²) in [7, 11) is -4.00. The van der Waals surface area contributed by atoms with Crippen LogP contribution in [0.3, 0.4) is 0 Å². The van der Waals surface area contributed by atoms with Gasteiger partial charge in [-0.2, -0.15) is 13.2 Å². The molecular weight excluding hydrogens is 566 g/mol. The van der Waals surface area contributed by atoms with Gasteiger partial charge in [0, 0.05) is 54.6 Å². The third-order valence-electron chi connectivity index (χ3n) is 5.73. The van der Waals surface area contributed by atoms with E-state index in [2.05, 4.69) is 15.3 Å². The van der Waals surface area contributed by atoms with Gasteiger partial charge in [-0.05, 0) is 43.3 Å². The molecule has 0 aliphatic rings. The van der Waals surface area contributed by atoms with Crippen LogP contribution in [0.5, 0.6) is 0 Å². The zero-order valence-electron chi connectivity index (χ0n) is 21.3. The van der Waals surface area contributed by atoms with Crippen molar-refractivity contribution in [1.29, 1.82) is 0 Å². The molecule has 0 atom stereocenters. The number of imidazole rings is 1. The molecule has 0 saturated heterocycles. The third-order valence-corrected chi connectivity index (χ3v) is 7.39. The van der Waals surface area contributed by atoms with Crippen LogP contribution < -0.4 is 10.0 Å². The van der Waals surface area contributed by atoms with Gasteiger partial charge in [-0.3, -0.25) is 9.55 Å². The molecule has 2 amide bonds. The van der Waals surface area contributed by atoms with Crippen LogP contribution in [0, 0.1) is 6.92 Å². The van der Waals surface area contributed by atoms with E-state index in [9.17, 15) is 26.4 Å². The first kappa shape index (κ1) is 30.9. The number of benzene rings is 2. The predicted molar refractivity (Wildman–Crippen MR) is 143 cm³/mol. The number of hydrogen-bond donors (Lipinski definition) is 2. The van der Waals surface area contributed by atoms with E-state index in [1.807, 2.05) is 18.6 Å². The molecule has 2 N–H and O–H groups in total. The van der Waals surface area contributed by atoms with Gasteiger partial charge in [0.2, 0.25) is 0 Å². The topological polar surface area (TPSA) is 106 Å². The minimum Gasteiger partial charge on any atom is -0.337 e. The summed E-state index contributed by atoms with van der Waals surface area (Å²) in [6.45, 7) is 3.77. The Balaban J connectivity index is 0.00000420. The summed E-state index contributed by atoms with van der Waals surface area (Å²) in [4.78, 5) is 20.8. The van der Waals surface area contributed by atoms with E-state index in [-0.39, 0.29) is 46.5 Å². The van der Waals surface area contributed by atoms with Crippen molar-refractivity contribution < 1.29 is 26.4 Å². The minimum atomic E-state index is -4.60. The average Bonchev–Trinajstić information content (AvgIpc) is 3.20. The number of carbonyl (C=O) groups excluding carboxylic acids is 1. The van der Waals surface area contributed by atoms with Crippen LogP contribution in [0.2, 0.25) is 5.02 Å². The number of sulfonamides is 1. The second-order valence-corrected chi connectivity index (χ2v) is 10.6. The number of alkyl halides is 3. The molecule has 39 heavy (non-hydrogen) atoms. The zero-order chi connectivity index (χ0) is 27.7. The summed E-state index contributed by atoms with van der Waals surface area (Å²) in [6, 6.07) is 10.8. The van der Waals surface area contributed by atoms with Gasteiger partial charge in [-0.15, -0.1) is 0 Å². The summed E-state index contributed by atoms with van der Waals surface area (Å²) in [6.07, 6.45) is -2.28. The molecule has 0 spiro atoms. The number of urea groups is 1. The SMILES string of the molecule is CCc1nc2cc(C(F)(F)F)c(Cl)cc2n1-c1ccc(CCNC(=O)NS(=O)(=O)c2ccc(C)cc2)nc1.[Na]. The second kappa shape index (κ2) is 12.3. The molecule has 0 aliphatic heterocycles. The van der Waals surface area contributed by atoms with Crippen molar-refractivity contribution in [3.8, 4) is 5.69 Å². The Morgan fingerprint density at radius 2 is 1.79 bits per heavy atom. The molecule has 0 saturated carbocycles. The number of amides is 2. The molecule has 4 aromatic rings. The summed E-state index contributed by atoms with van der Waals surface area (Å²) in [5, 5.41) is 2.06. The largest absolute Gasteiger partial charge is 0.417 e. The van der Waals surface area contributed by atoms with Gasteiger partial charge in [0.15, 0.2) is 0 Å². The smallest absolute Gasteiger partial charge is 0.337 e. The second-order valence-electron chi connectivity index (χ2n) is 8.47. The Bertz CT molecular complexity index is 1590. The van der Waals surface area contributed by atoms with Crippen LogP contribution in [-0.2, 0) is 29.0 Å². The Hall–Kier alpha value is -2.64. The van der Waals surface area contributed by atoms with E-state index >= 15 is 0 Å². The molecule has 2 heterocycles. The van der Waals surface area contributed by atoms with E-state index in [0.717, 1.165) is 11.6 Å². The maximum absolute atomic E-state index is 13.3. The standard InChI is InChI=1S/C25H23ClF3N5O3S.Na/c1-3-23-32-21-12-19(25(27,28)29)20(26)13-22(21)34(23)17-7-6-16(31-14-17)10-11-30-24(35)33-38(36,37)18-8-4-15(2)5-9-18;/h4-9,12-14H,3,10-11H2,1-2H3,(H2,30,33,35);. The molecule has 8 nitrogen and oxygen atoms in total. The Kier molecular flexibility index (Phi) is 9.71. The molecule has 0 fully saturated rings. The first-order chi connectivity index (χ1) is 17.9. The van der Waals surface area contributed by atoms with Crippen LogP contribution in [-0.4, -0.2) is 65.1 Å². The summed E-state index contributed by atoms with van der Waals surface area (Å²) < 4.78 is 68.1. The first-order valence-electron chi connectivity index (χ1n) is 11.5. The quantitative estimate of drug-likeness (QED) is 0.301. The van der Waals surface area contributed by atoms with Crippen LogP contribution in [0.15, 0.2) is 59.6 Å². The van der Waals surface area contributed by atoms with Crippen LogP contribution >= 0.6 is 11.6 Å². The fraction of sp³-hybridized carbons (Fsp3) is 0.240. The molecular formula is C25H23ClF3N5NaO3S. The maximum atomic E-state index is 13.3. The number of halogens is 4. The maximum Gasteiger partial charge on any atom is 0.417 e. The Morgan fingerprint density at radius 1 is 1.10 bits per heavy atom. The summed E-state index contributed by atoms with van der Waals surface area (Å²) >= 11 is 5.93. The van der Waals surface area contributed by atoms with E-state index in [0.29, 0.717) is 35.6 Å². The molecule has 0 bridgehead atoms. The van der Waals surface area contributed by atoms with Gasteiger partial charge in [-0.25, -0.2) is 22.9 Å². The average molecular weight is 589 g/mol. The number of fused-ring (bicyclic) bond motifs is 1. The summed E-state index contributed by atoms with van der Waals surface area (Å²) in [5.74, 6) is 0.540. The number of carbonyl (C=O) groups is 1. The zero-order valence-corrected chi connectivity index (χ0v) is 24.9. The molecule has 201 valence electrons. The predicted octanol–water partition coefficient (Wildman–Crippen LogP) is 4.81. The molecule has 14 heteroatoms. The monoisotopic (exact) mass is 588 g/mol. The van der Waals surface area contributed by atoms with Crippen molar-refractivity contribution >= 4 is 68.2 Å². The van der Waals surface area contributed by atoms with Crippen molar-refractivity contribution in [2.24, 2.45) is 0 Å². The van der Waals surface area contributed by atoms with Gasteiger partial charge in [-0.1, -0.05) is 36.2 Å². The van der Waals surface area contributed by atoms with Crippen molar-refractivity contribution in [1.82, 2.24) is 24.6 Å². The fourth-order valence-electron chi connectivity index (χ4n) is 3.83. The van der Waals surface area contributed by atoms with Gasteiger partial charge in [0.05, 0.1) is 38.4 Å². The van der Waals surface area contributed by atoms with Gasteiger partial charge in [0.1, 0.15) is 5.82 Å². The van der Waals surface area contributed by atoms with Crippen molar-refractivity contribution in [2.75, 3.05) is 6.54 Å². The van der Waals surface area contributed by atoms with Gasteiger partial charge in [0.25, 0.3) is 10.0 Å². The van der Waals surface area contributed by atoms with Crippen molar-refractivity contribution in [3.05, 3.63) is 82.4 Å². The van der Waals surface area contributed by atoms with E-state index < -0.39 is 32.8 Å². The van der Waals surface area contributed by atoms with E-state index in [4.69, 9.17) is 11.6 Å². The Morgan fingerprint density at radius 3 is 2.38 bits per heavy atom. The first-order valence-corrected chi connectivity index (χ1v) is 13.4. The van der Waals surface area contributed by atoms with E-state index in [1.165, 1.54) is 18.2 Å². The molecule has 2 aromatic carbocycles. The molecule has 0 aliphatic carbocycles. The fourth-order valence-corrected chi connectivity index (χ4v) is 5.02. The number of nitrogens with one attached hydrogen (secondary N) is 2. The van der Waals surface area contributed by atoms with Gasteiger partial charge >= 0.3 is 12.2 Å². The number of hydrogen-bond acceptors (Lipinski definition) is 5. The van der Waals surface area contributed by atoms with Crippen molar-refractivity contribution in [2.45, 2.75) is 37.8 Å². The van der Waals surface area contributed by atoms with Crippen molar-refractivity contribution in [3.63, 3.8) is 0 Å². The molecule has 0 unspecified atom stereocenters. The van der Waals surface area contributed by atoms with Crippen LogP contribution in [0.1, 0.15) is 29.6 Å². The van der Waals surface area contributed by atoms with Crippen LogP contribution in [0.4, 0.5) is 18.0 Å². The minimum absolute atomic E-state index is 0. The number of pyridine rings is 1. The van der Waals surface area contributed by atoms with Crippen LogP contribution in [0.25, 0.3) is 16.7 Å². The molecule has 1 radical (unpaired) electrons. The summed E-state index contributed by atoms with van der Waals surface area (Å²) in [5.41, 5.74) is 1.71. The number of rotatable bonds is 7. The van der Waals surface area contributed by atoms with Gasteiger partial charge < -0.3 is 5.32 Å². The number of nitrogens with zero attached hydrogens (tertiary/aromatic N) is 3. The molecule has 2 aromatic heterocycles. The third kappa shape index (κ3) is 7.12. The molecule has 4 rings (SSSR count). The number of aromatic nitrogens is 3. The normalized spacial score (nSPS) is 11.7.